The zero-order valence-electron chi connectivity index (χ0n) is 8.39. The maximum Gasteiger partial charge on any atom is 0.260 e. The summed E-state index contributed by atoms with van der Waals surface area (Å²) in [6.45, 7) is 0. The zero-order valence-corrected chi connectivity index (χ0v) is 11.6. The Balaban J connectivity index is 2.94. The standard InChI is InChI=1S/C10H2Br2N2O4/c11-5-1-2(8(16)13-7(1)15)6(12)4-3(5)9(17)14-10(4)18/h(H,13,15,16)(H,14,17,18). The summed E-state index contributed by atoms with van der Waals surface area (Å²) < 4.78 is 0.310. The Morgan fingerprint density at radius 3 is 1.00 bits per heavy atom. The lowest BCUT2D eigenvalue weighted by atomic mass is 10.1. The van der Waals surface area contributed by atoms with Gasteiger partial charge in [0.25, 0.3) is 22.2 Å². The minimum Gasteiger partial charge on any atom is -0.288 e. The normalized spacial score (nSPS) is 11.7. The summed E-state index contributed by atoms with van der Waals surface area (Å²) in [6, 6.07) is 0. The van der Waals surface area contributed by atoms with Crippen LogP contribution in [0.4, 0.5) is 0 Å². The fraction of sp³-hybridized carbons (Fsp3) is 0. The van der Waals surface area contributed by atoms with E-state index in [1.807, 2.05) is 0 Å². The number of aromatic amines is 2. The maximum atomic E-state index is 11.6. The van der Waals surface area contributed by atoms with Gasteiger partial charge in [-0.3, -0.25) is 29.1 Å². The third kappa shape index (κ3) is 1.21. The molecule has 0 aliphatic carbocycles. The molecule has 0 saturated carbocycles. The van der Waals surface area contributed by atoms with Crippen LogP contribution in [0.25, 0.3) is 21.5 Å². The van der Waals surface area contributed by atoms with Crippen LogP contribution in [-0.4, -0.2) is 9.97 Å². The second kappa shape index (κ2) is 3.48. The third-order valence-electron chi connectivity index (χ3n) is 2.74. The quantitative estimate of drug-likeness (QED) is 0.599. The SMILES string of the molecule is O=c1[nH]c(=O)c2c(Br)c3c(=O)[nH]c(=O)c3c(Br)c12. The van der Waals surface area contributed by atoms with E-state index in [0.717, 1.165) is 0 Å². The number of rotatable bonds is 0. The summed E-state index contributed by atoms with van der Waals surface area (Å²) in [4.78, 5) is 50.8. The number of benzene rings is 1. The van der Waals surface area contributed by atoms with E-state index in [4.69, 9.17) is 0 Å². The van der Waals surface area contributed by atoms with Crippen LogP contribution in [0.5, 0.6) is 0 Å². The average molecular weight is 374 g/mol. The highest BCUT2D eigenvalue weighted by molar-refractivity contribution is 9.11. The maximum absolute atomic E-state index is 11.6. The minimum atomic E-state index is -0.600. The van der Waals surface area contributed by atoms with Gasteiger partial charge in [0.2, 0.25) is 0 Å². The second-order valence-corrected chi connectivity index (χ2v) is 5.28. The smallest absolute Gasteiger partial charge is 0.260 e. The van der Waals surface area contributed by atoms with Gasteiger partial charge in [0, 0.05) is 8.95 Å². The van der Waals surface area contributed by atoms with Crippen LogP contribution < -0.4 is 22.2 Å². The van der Waals surface area contributed by atoms with Crippen molar-refractivity contribution in [1.82, 2.24) is 9.97 Å². The van der Waals surface area contributed by atoms with Crippen molar-refractivity contribution in [3.05, 3.63) is 50.4 Å². The van der Waals surface area contributed by atoms with Crippen molar-refractivity contribution < 1.29 is 0 Å². The second-order valence-electron chi connectivity index (χ2n) is 3.69. The summed E-state index contributed by atoms with van der Waals surface area (Å²) >= 11 is 6.21. The molecule has 8 heteroatoms. The molecule has 0 amide bonds. The first-order valence-electron chi connectivity index (χ1n) is 4.69. The van der Waals surface area contributed by atoms with Gasteiger partial charge >= 0.3 is 0 Å². The predicted octanol–water partition coefficient (Wildman–Crippen LogP) is 0.491. The Morgan fingerprint density at radius 2 is 0.778 bits per heavy atom. The van der Waals surface area contributed by atoms with Gasteiger partial charge in [0.15, 0.2) is 0 Å². The van der Waals surface area contributed by atoms with Crippen LogP contribution in [0.15, 0.2) is 28.1 Å². The van der Waals surface area contributed by atoms with Crippen molar-refractivity contribution in [2.75, 3.05) is 0 Å². The van der Waals surface area contributed by atoms with Crippen LogP contribution in [0, 0.1) is 0 Å². The number of nitrogens with one attached hydrogen (secondary N) is 2. The first kappa shape index (κ1) is 11.5. The number of hydrogen-bond acceptors (Lipinski definition) is 4. The molecule has 18 heavy (non-hydrogen) atoms. The molecule has 0 spiro atoms. The summed E-state index contributed by atoms with van der Waals surface area (Å²) in [5, 5.41) is 0.261. The van der Waals surface area contributed by atoms with Crippen LogP contribution in [0.1, 0.15) is 0 Å². The van der Waals surface area contributed by atoms with E-state index in [2.05, 4.69) is 41.8 Å². The summed E-state index contributed by atoms with van der Waals surface area (Å²) in [7, 11) is 0. The summed E-state index contributed by atoms with van der Waals surface area (Å²) in [5.41, 5.74) is -2.40. The third-order valence-corrected chi connectivity index (χ3v) is 4.33. The molecular formula is C10H2Br2N2O4. The van der Waals surface area contributed by atoms with Crippen molar-refractivity contribution in [2.24, 2.45) is 0 Å². The van der Waals surface area contributed by atoms with E-state index in [0.29, 0.717) is 0 Å². The van der Waals surface area contributed by atoms with Gasteiger partial charge in [-0.25, -0.2) is 0 Å². The molecule has 0 aliphatic heterocycles. The monoisotopic (exact) mass is 372 g/mol. The highest BCUT2D eigenvalue weighted by Crippen LogP contribution is 2.33. The number of aromatic nitrogens is 2. The van der Waals surface area contributed by atoms with E-state index < -0.39 is 22.2 Å². The molecule has 3 rings (SSSR count). The highest BCUT2D eigenvalue weighted by atomic mass is 79.9. The fourth-order valence-corrected chi connectivity index (χ4v) is 3.51. The number of hydrogen-bond donors (Lipinski definition) is 2. The average Bonchev–Trinajstić information content (AvgIpc) is 2.73. The van der Waals surface area contributed by atoms with Crippen LogP contribution in [0.3, 0.4) is 0 Å². The number of H-pyrrole nitrogens is 2. The molecule has 90 valence electrons. The molecule has 0 fully saturated rings. The Kier molecular flexibility index (Phi) is 2.23. The van der Waals surface area contributed by atoms with Gasteiger partial charge < -0.3 is 0 Å². The van der Waals surface area contributed by atoms with Gasteiger partial charge in [-0.1, -0.05) is 0 Å². The molecule has 1 aromatic carbocycles. The van der Waals surface area contributed by atoms with Gasteiger partial charge in [-0.2, -0.15) is 0 Å². The lowest BCUT2D eigenvalue weighted by Crippen LogP contribution is -2.07. The van der Waals surface area contributed by atoms with Gasteiger partial charge in [0.05, 0.1) is 21.5 Å². The molecule has 3 aromatic rings. The molecule has 2 N–H and O–H groups in total. The molecule has 0 radical (unpaired) electrons. The summed E-state index contributed by atoms with van der Waals surface area (Å²) in [6.07, 6.45) is 0. The van der Waals surface area contributed by atoms with E-state index in [-0.39, 0.29) is 30.5 Å². The minimum absolute atomic E-state index is 0.0653. The number of fused-ring (bicyclic) bond motifs is 2. The van der Waals surface area contributed by atoms with Crippen LogP contribution >= 0.6 is 31.9 Å². The van der Waals surface area contributed by atoms with Crippen molar-refractivity contribution in [3.8, 4) is 0 Å². The molecule has 0 unspecified atom stereocenters. The number of halogens is 2. The molecule has 2 heterocycles. The van der Waals surface area contributed by atoms with E-state index in [1.54, 1.807) is 0 Å². The van der Waals surface area contributed by atoms with Crippen LogP contribution in [-0.2, 0) is 0 Å². The molecule has 2 aromatic heterocycles. The molecule has 0 saturated heterocycles. The highest BCUT2D eigenvalue weighted by Gasteiger charge is 2.22. The fourth-order valence-electron chi connectivity index (χ4n) is 2.00. The first-order chi connectivity index (χ1) is 8.43. The van der Waals surface area contributed by atoms with Crippen molar-refractivity contribution in [1.29, 1.82) is 0 Å². The topological polar surface area (TPSA) is 99.9 Å². The van der Waals surface area contributed by atoms with Gasteiger partial charge in [-0.15, -0.1) is 0 Å². The lowest BCUT2D eigenvalue weighted by molar-refractivity contribution is 1.25. The van der Waals surface area contributed by atoms with Crippen molar-refractivity contribution in [2.45, 2.75) is 0 Å². The molecular weight excluding hydrogens is 372 g/mol. The Labute approximate surface area is 114 Å². The molecule has 0 bridgehead atoms. The van der Waals surface area contributed by atoms with E-state index in [1.165, 1.54) is 0 Å². The molecule has 6 nitrogen and oxygen atoms in total. The Bertz CT molecular complexity index is 862. The molecule has 0 atom stereocenters. The van der Waals surface area contributed by atoms with Gasteiger partial charge in [-0.05, 0) is 31.9 Å². The van der Waals surface area contributed by atoms with Crippen molar-refractivity contribution >= 4 is 53.4 Å². The van der Waals surface area contributed by atoms with Crippen LogP contribution in [0.2, 0.25) is 0 Å². The predicted molar refractivity (Wildman–Crippen MR) is 73.0 cm³/mol. The Hall–Kier alpha value is -1.54. The lowest BCUT2D eigenvalue weighted by Gasteiger charge is -1.98. The first-order valence-corrected chi connectivity index (χ1v) is 6.28. The van der Waals surface area contributed by atoms with E-state index in [9.17, 15) is 19.2 Å². The molecule has 0 aliphatic rings. The van der Waals surface area contributed by atoms with E-state index >= 15 is 0 Å². The zero-order chi connectivity index (χ0) is 13.2. The largest absolute Gasteiger partial charge is 0.288 e. The summed E-state index contributed by atoms with van der Waals surface area (Å²) in [5.74, 6) is 0. The Morgan fingerprint density at radius 1 is 0.556 bits per heavy atom. The van der Waals surface area contributed by atoms with Crippen molar-refractivity contribution in [3.63, 3.8) is 0 Å². The van der Waals surface area contributed by atoms with Gasteiger partial charge in [0.1, 0.15) is 0 Å².